The van der Waals surface area contributed by atoms with Crippen molar-refractivity contribution in [1.29, 1.82) is 0 Å². The minimum atomic E-state index is -0.508. The molecule has 22 heavy (non-hydrogen) atoms. The Kier molecular flexibility index (Phi) is 6.17. The van der Waals surface area contributed by atoms with E-state index in [2.05, 4.69) is 27.9 Å². The van der Waals surface area contributed by atoms with Crippen molar-refractivity contribution in [3.63, 3.8) is 0 Å². The van der Waals surface area contributed by atoms with E-state index < -0.39 is 5.97 Å². The topological polar surface area (TPSA) is 75.7 Å². The molecule has 1 saturated heterocycles. The van der Waals surface area contributed by atoms with Gasteiger partial charge >= 0.3 is 5.97 Å². The number of halogens is 1. The molecule has 0 atom stereocenters. The molecule has 2 rings (SSSR count). The van der Waals surface area contributed by atoms with Crippen molar-refractivity contribution < 1.29 is 19.1 Å². The first-order valence-electron chi connectivity index (χ1n) is 7.04. The van der Waals surface area contributed by atoms with Gasteiger partial charge in [0.2, 0.25) is 5.91 Å². The van der Waals surface area contributed by atoms with Crippen LogP contribution in [0.5, 0.6) is 0 Å². The molecule has 0 unspecified atom stereocenters. The Morgan fingerprint density at radius 3 is 2.77 bits per heavy atom. The van der Waals surface area contributed by atoms with Gasteiger partial charge in [-0.1, -0.05) is 12.1 Å². The Morgan fingerprint density at radius 1 is 1.32 bits per heavy atom. The van der Waals surface area contributed by atoms with Crippen LogP contribution in [0, 0.1) is 3.57 Å². The number of carbonyl (C=O) groups excluding carboxylic acids is 3. The highest BCUT2D eigenvalue weighted by Crippen LogP contribution is 2.11. The summed E-state index contributed by atoms with van der Waals surface area (Å²) in [5.41, 5.74) is 0.526. The number of benzene rings is 1. The Bertz CT molecular complexity index is 576. The van der Waals surface area contributed by atoms with E-state index in [1.165, 1.54) is 0 Å². The van der Waals surface area contributed by atoms with E-state index in [0.717, 1.165) is 16.5 Å². The number of esters is 1. The zero-order valence-electron chi connectivity index (χ0n) is 12.0. The van der Waals surface area contributed by atoms with Crippen LogP contribution in [-0.4, -0.2) is 48.9 Å². The third-order valence-corrected chi connectivity index (χ3v) is 4.25. The molecule has 0 aromatic heterocycles. The highest BCUT2D eigenvalue weighted by molar-refractivity contribution is 14.1. The number of hydrogen-bond acceptors (Lipinski definition) is 4. The Balaban J connectivity index is 1.68. The Morgan fingerprint density at radius 2 is 2.09 bits per heavy atom. The minimum Gasteiger partial charge on any atom is -0.462 e. The monoisotopic (exact) mass is 416 g/mol. The molecule has 0 bridgehead atoms. The molecule has 1 heterocycles. The molecule has 6 nitrogen and oxygen atoms in total. The predicted octanol–water partition coefficient (Wildman–Crippen LogP) is 1.19. The van der Waals surface area contributed by atoms with E-state index in [4.69, 9.17) is 4.74 Å². The van der Waals surface area contributed by atoms with E-state index in [0.29, 0.717) is 18.5 Å². The largest absolute Gasteiger partial charge is 0.462 e. The molecule has 1 N–H and O–H groups in total. The van der Waals surface area contributed by atoms with E-state index in [-0.39, 0.29) is 25.0 Å². The van der Waals surface area contributed by atoms with Crippen LogP contribution < -0.4 is 5.32 Å². The van der Waals surface area contributed by atoms with Crippen LogP contribution >= 0.6 is 22.6 Å². The third-order valence-electron chi connectivity index (χ3n) is 3.31. The lowest BCUT2D eigenvalue weighted by molar-refractivity contribution is -0.144. The predicted molar refractivity (Wildman–Crippen MR) is 88.3 cm³/mol. The van der Waals surface area contributed by atoms with Crippen molar-refractivity contribution in [3.8, 4) is 0 Å². The van der Waals surface area contributed by atoms with Gasteiger partial charge in [-0.25, -0.2) is 0 Å². The summed E-state index contributed by atoms with van der Waals surface area (Å²) in [4.78, 5) is 36.6. The second-order valence-electron chi connectivity index (χ2n) is 4.87. The smallest absolute Gasteiger partial charge is 0.325 e. The van der Waals surface area contributed by atoms with Gasteiger partial charge < -0.3 is 15.0 Å². The van der Waals surface area contributed by atoms with Gasteiger partial charge in [-0.3, -0.25) is 14.4 Å². The lowest BCUT2D eigenvalue weighted by atomic mass is 10.2. The molecule has 1 aliphatic heterocycles. The first-order valence-corrected chi connectivity index (χ1v) is 8.12. The van der Waals surface area contributed by atoms with Crippen molar-refractivity contribution in [1.82, 2.24) is 10.2 Å². The van der Waals surface area contributed by atoms with E-state index in [9.17, 15) is 14.4 Å². The SMILES string of the molecule is O=C(CNC(=O)c1ccccc1I)OCCN1CCCC1=O. The summed E-state index contributed by atoms with van der Waals surface area (Å²) in [6, 6.07) is 7.12. The Hall–Kier alpha value is -1.64. The first-order chi connectivity index (χ1) is 10.6. The highest BCUT2D eigenvalue weighted by Gasteiger charge is 2.20. The molecule has 0 radical (unpaired) electrons. The standard InChI is InChI=1S/C15H17IN2O4/c16-12-5-2-1-4-11(12)15(21)17-10-14(20)22-9-8-18-7-3-6-13(18)19/h1-2,4-5H,3,6-10H2,(H,17,21). The molecular weight excluding hydrogens is 399 g/mol. The summed E-state index contributed by atoms with van der Waals surface area (Å²) in [5.74, 6) is -0.717. The highest BCUT2D eigenvalue weighted by atomic mass is 127. The summed E-state index contributed by atoms with van der Waals surface area (Å²) < 4.78 is 5.84. The fourth-order valence-electron chi connectivity index (χ4n) is 2.15. The van der Waals surface area contributed by atoms with Gasteiger partial charge in [0.15, 0.2) is 0 Å². The van der Waals surface area contributed by atoms with Gasteiger partial charge in [0.1, 0.15) is 13.2 Å². The van der Waals surface area contributed by atoms with Crippen molar-refractivity contribution in [3.05, 3.63) is 33.4 Å². The molecule has 1 fully saturated rings. The number of rotatable bonds is 6. The number of likely N-dealkylation sites (tertiary alicyclic amines) is 1. The lowest BCUT2D eigenvalue weighted by Crippen LogP contribution is -2.33. The summed E-state index contributed by atoms with van der Waals surface area (Å²) >= 11 is 2.06. The maximum Gasteiger partial charge on any atom is 0.325 e. The zero-order chi connectivity index (χ0) is 15.9. The molecule has 1 aliphatic rings. The second kappa shape index (κ2) is 8.11. The molecule has 0 spiro atoms. The van der Waals surface area contributed by atoms with Gasteiger partial charge in [-0.15, -0.1) is 0 Å². The van der Waals surface area contributed by atoms with Gasteiger partial charge in [-0.2, -0.15) is 0 Å². The number of nitrogens with zero attached hydrogens (tertiary/aromatic N) is 1. The molecule has 118 valence electrons. The van der Waals surface area contributed by atoms with E-state index >= 15 is 0 Å². The average Bonchev–Trinajstić information content (AvgIpc) is 2.91. The van der Waals surface area contributed by atoms with Crippen LogP contribution in [0.2, 0.25) is 0 Å². The molecule has 0 aliphatic carbocycles. The zero-order valence-corrected chi connectivity index (χ0v) is 14.2. The maximum absolute atomic E-state index is 11.9. The van der Waals surface area contributed by atoms with Gasteiger partial charge in [0.25, 0.3) is 5.91 Å². The number of ether oxygens (including phenoxy) is 1. The van der Waals surface area contributed by atoms with E-state index in [1.54, 1.807) is 17.0 Å². The maximum atomic E-state index is 11.9. The van der Waals surface area contributed by atoms with Crippen molar-refractivity contribution in [2.24, 2.45) is 0 Å². The molecule has 0 saturated carbocycles. The van der Waals surface area contributed by atoms with Crippen molar-refractivity contribution in [2.75, 3.05) is 26.2 Å². The third kappa shape index (κ3) is 4.69. The van der Waals surface area contributed by atoms with Crippen molar-refractivity contribution in [2.45, 2.75) is 12.8 Å². The average molecular weight is 416 g/mol. The fraction of sp³-hybridized carbons (Fsp3) is 0.400. The quantitative estimate of drug-likeness (QED) is 0.559. The van der Waals surface area contributed by atoms with Gasteiger partial charge in [0.05, 0.1) is 12.1 Å². The first kappa shape index (κ1) is 16.7. The van der Waals surface area contributed by atoms with Crippen LogP contribution in [-0.2, 0) is 14.3 Å². The van der Waals surface area contributed by atoms with Crippen LogP contribution in [0.1, 0.15) is 23.2 Å². The van der Waals surface area contributed by atoms with Gasteiger partial charge in [0, 0.05) is 16.5 Å². The van der Waals surface area contributed by atoms with Crippen LogP contribution in [0.3, 0.4) is 0 Å². The molecule has 7 heteroatoms. The normalized spacial score (nSPS) is 14.0. The number of nitrogens with one attached hydrogen (secondary N) is 1. The van der Waals surface area contributed by atoms with Crippen LogP contribution in [0.15, 0.2) is 24.3 Å². The van der Waals surface area contributed by atoms with Gasteiger partial charge in [-0.05, 0) is 41.1 Å². The minimum absolute atomic E-state index is 0.100. The Labute approximate surface area is 142 Å². The lowest BCUT2D eigenvalue weighted by Gasteiger charge is -2.15. The second-order valence-corrected chi connectivity index (χ2v) is 6.03. The molecule has 2 amide bonds. The molecule has 1 aromatic carbocycles. The number of carbonyl (C=O) groups is 3. The number of hydrogen-bond donors (Lipinski definition) is 1. The molecule has 1 aromatic rings. The summed E-state index contributed by atoms with van der Waals surface area (Å²) in [7, 11) is 0. The summed E-state index contributed by atoms with van der Waals surface area (Å²) in [6.45, 7) is 1.11. The summed E-state index contributed by atoms with van der Waals surface area (Å²) in [6.07, 6.45) is 1.43. The summed E-state index contributed by atoms with van der Waals surface area (Å²) in [5, 5.41) is 2.53. The van der Waals surface area contributed by atoms with E-state index in [1.807, 2.05) is 12.1 Å². The molecular formula is C15H17IN2O4. The van der Waals surface area contributed by atoms with Crippen molar-refractivity contribution >= 4 is 40.4 Å². The fourth-order valence-corrected chi connectivity index (χ4v) is 2.79. The van der Waals surface area contributed by atoms with Crippen LogP contribution in [0.25, 0.3) is 0 Å². The number of amides is 2. The van der Waals surface area contributed by atoms with Crippen LogP contribution in [0.4, 0.5) is 0 Å².